The summed E-state index contributed by atoms with van der Waals surface area (Å²) in [4.78, 5) is 26.6. The lowest BCUT2D eigenvalue weighted by Gasteiger charge is -2.31. The predicted molar refractivity (Wildman–Crippen MR) is 82.9 cm³/mol. The van der Waals surface area contributed by atoms with E-state index in [1.165, 1.54) is 16.7 Å². The Morgan fingerprint density at radius 3 is 2.38 bits per heavy atom. The second-order valence-electron chi connectivity index (χ2n) is 4.90. The van der Waals surface area contributed by atoms with E-state index in [0.717, 1.165) is 19.3 Å². The first-order chi connectivity index (χ1) is 9.96. The smallest absolute Gasteiger partial charge is 0.355 e. The zero-order chi connectivity index (χ0) is 15.9. The number of carbonyl (C=O) groups excluding carboxylic acids is 1. The average molecular weight is 313 g/mol. The predicted octanol–water partition coefficient (Wildman–Crippen LogP) is 2.65. The van der Waals surface area contributed by atoms with Gasteiger partial charge in [-0.05, 0) is 19.3 Å². The fourth-order valence-corrected chi connectivity index (χ4v) is 2.88. The zero-order valence-corrected chi connectivity index (χ0v) is 13.5. The molecule has 1 rings (SSSR count). The highest BCUT2D eigenvalue weighted by Crippen LogP contribution is 2.18. The molecule has 1 aromatic rings. The van der Waals surface area contributed by atoms with E-state index in [1.807, 2.05) is 0 Å². The lowest BCUT2D eigenvalue weighted by Crippen LogP contribution is -2.51. The molecule has 0 saturated carbocycles. The monoisotopic (exact) mass is 313 g/mol. The van der Waals surface area contributed by atoms with Gasteiger partial charge < -0.3 is 15.7 Å². The Labute approximate surface area is 129 Å². The Bertz CT molecular complexity index is 475. The molecule has 1 heterocycles. The van der Waals surface area contributed by atoms with Gasteiger partial charge in [-0.2, -0.15) is 0 Å². The summed E-state index contributed by atoms with van der Waals surface area (Å²) in [5, 5.41) is 16.8. The standard InChI is InChI=1S/C14H23N3O3S/c1-4-14(5-2,6-3)17-13(20)15-8-7-11-16-10(9-21-11)12(18)19/h9H,4-8H2,1-3H3,(H,18,19)(H2,15,17,20). The summed E-state index contributed by atoms with van der Waals surface area (Å²) in [6.45, 7) is 6.63. The Morgan fingerprint density at radius 2 is 1.90 bits per heavy atom. The largest absolute Gasteiger partial charge is 0.476 e. The third-order valence-electron chi connectivity index (χ3n) is 3.80. The summed E-state index contributed by atoms with van der Waals surface area (Å²) in [6.07, 6.45) is 3.20. The maximum Gasteiger partial charge on any atom is 0.355 e. The van der Waals surface area contributed by atoms with Crippen molar-refractivity contribution in [3.63, 3.8) is 0 Å². The second kappa shape index (κ2) is 7.97. The molecular formula is C14H23N3O3S. The number of aromatic nitrogens is 1. The Hall–Kier alpha value is -1.63. The Balaban J connectivity index is 2.41. The van der Waals surface area contributed by atoms with Gasteiger partial charge in [-0.25, -0.2) is 14.6 Å². The van der Waals surface area contributed by atoms with Crippen LogP contribution in [0.1, 0.15) is 55.5 Å². The van der Waals surface area contributed by atoms with Crippen molar-refractivity contribution in [2.75, 3.05) is 6.54 Å². The minimum Gasteiger partial charge on any atom is -0.476 e. The lowest BCUT2D eigenvalue weighted by molar-refractivity contribution is 0.0691. The molecule has 0 fully saturated rings. The highest BCUT2D eigenvalue weighted by Gasteiger charge is 2.25. The van der Waals surface area contributed by atoms with Gasteiger partial charge in [-0.1, -0.05) is 20.8 Å². The number of hydrogen-bond acceptors (Lipinski definition) is 4. The van der Waals surface area contributed by atoms with Crippen LogP contribution < -0.4 is 10.6 Å². The summed E-state index contributed by atoms with van der Waals surface area (Å²) >= 11 is 1.29. The molecule has 7 heteroatoms. The van der Waals surface area contributed by atoms with Crippen molar-refractivity contribution in [3.05, 3.63) is 16.1 Å². The molecule has 118 valence electrons. The van der Waals surface area contributed by atoms with Crippen LogP contribution in [-0.4, -0.2) is 34.2 Å². The third-order valence-corrected chi connectivity index (χ3v) is 4.71. The minimum absolute atomic E-state index is 0.0569. The molecule has 0 bridgehead atoms. The second-order valence-corrected chi connectivity index (χ2v) is 5.85. The molecule has 2 amide bonds. The van der Waals surface area contributed by atoms with Crippen LogP contribution in [0.15, 0.2) is 5.38 Å². The molecule has 0 atom stereocenters. The number of carboxylic acid groups (broad SMARTS) is 1. The van der Waals surface area contributed by atoms with Gasteiger partial charge in [0.2, 0.25) is 0 Å². The van der Waals surface area contributed by atoms with Gasteiger partial charge in [-0.3, -0.25) is 0 Å². The van der Waals surface area contributed by atoms with Crippen molar-refractivity contribution in [1.29, 1.82) is 0 Å². The summed E-state index contributed by atoms with van der Waals surface area (Å²) < 4.78 is 0. The SMILES string of the molecule is CCC(CC)(CC)NC(=O)NCCc1nc(C(=O)O)cs1. The molecule has 0 aromatic carbocycles. The van der Waals surface area contributed by atoms with Gasteiger partial charge in [0.1, 0.15) is 0 Å². The van der Waals surface area contributed by atoms with Crippen LogP contribution in [-0.2, 0) is 6.42 Å². The molecule has 3 N–H and O–H groups in total. The van der Waals surface area contributed by atoms with Crippen LogP contribution in [0.2, 0.25) is 0 Å². The van der Waals surface area contributed by atoms with Crippen LogP contribution >= 0.6 is 11.3 Å². The molecule has 6 nitrogen and oxygen atoms in total. The Morgan fingerprint density at radius 1 is 1.29 bits per heavy atom. The minimum atomic E-state index is -1.03. The lowest BCUT2D eigenvalue weighted by atomic mass is 9.90. The quantitative estimate of drug-likeness (QED) is 0.688. The number of carboxylic acids is 1. The highest BCUT2D eigenvalue weighted by atomic mass is 32.1. The molecule has 1 aromatic heterocycles. The van der Waals surface area contributed by atoms with Crippen molar-refractivity contribution >= 4 is 23.3 Å². The van der Waals surface area contributed by atoms with Crippen LogP contribution in [0, 0.1) is 0 Å². The Kier molecular flexibility index (Phi) is 6.61. The van der Waals surface area contributed by atoms with E-state index in [4.69, 9.17) is 5.11 Å². The van der Waals surface area contributed by atoms with Crippen molar-refractivity contribution in [2.45, 2.75) is 52.0 Å². The van der Waals surface area contributed by atoms with Crippen LogP contribution in [0.5, 0.6) is 0 Å². The van der Waals surface area contributed by atoms with Crippen molar-refractivity contribution in [1.82, 2.24) is 15.6 Å². The number of aromatic carboxylic acids is 1. The van der Waals surface area contributed by atoms with Crippen molar-refractivity contribution in [2.24, 2.45) is 0 Å². The van der Waals surface area contributed by atoms with E-state index in [0.29, 0.717) is 18.0 Å². The number of rotatable bonds is 8. The van der Waals surface area contributed by atoms with E-state index < -0.39 is 5.97 Å². The van der Waals surface area contributed by atoms with Gasteiger partial charge >= 0.3 is 12.0 Å². The maximum absolute atomic E-state index is 11.9. The van der Waals surface area contributed by atoms with Gasteiger partial charge in [-0.15, -0.1) is 11.3 Å². The first kappa shape index (κ1) is 17.4. The summed E-state index contributed by atoms with van der Waals surface area (Å²) in [7, 11) is 0. The summed E-state index contributed by atoms with van der Waals surface area (Å²) in [6, 6.07) is -0.185. The first-order valence-electron chi connectivity index (χ1n) is 7.20. The van der Waals surface area contributed by atoms with E-state index in [9.17, 15) is 9.59 Å². The molecular weight excluding hydrogens is 290 g/mol. The van der Waals surface area contributed by atoms with E-state index in [1.54, 1.807) is 0 Å². The van der Waals surface area contributed by atoms with Crippen molar-refractivity contribution in [3.8, 4) is 0 Å². The number of urea groups is 1. The molecule has 0 spiro atoms. The summed E-state index contributed by atoms with van der Waals surface area (Å²) in [5.74, 6) is -1.03. The fourth-order valence-electron chi connectivity index (χ4n) is 2.11. The number of nitrogens with one attached hydrogen (secondary N) is 2. The highest BCUT2D eigenvalue weighted by molar-refractivity contribution is 7.09. The van der Waals surface area contributed by atoms with Crippen LogP contribution in [0.25, 0.3) is 0 Å². The molecule has 21 heavy (non-hydrogen) atoms. The van der Waals surface area contributed by atoms with E-state index in [-0.39, 0.29) is 17.3 Å². The number of hydrogen-bond donors (Lipinski definition) is 3. The normalized spacial score (nSPS) is 11.2. The van der Waals surface area contributed by atoms with Gasteiger partial charge in [0.05, 0.1) is 5.01 Å². The molecule has 0 radical (unpaired) electrons. The van der Waals surface area contributed by atoms with Gasteiger partial charge in [0.25, 0.3) is 0 Å². The van der Waals surface area contributed by atoms with Crippen LogP contribution in [0.4, 0.5) is 4.79 Å². The zero-order valence-electron chi connectivity index (χ0n) is 12.7. The molecule has 0 unspecified atom stereocenters. The molecule has 0 aliphatic carbocycles. The number of thiazole rings is 1. The van der Waals surface area contributed by atoms with Gasteiger partial charge in [0.15, 0.2) is 5.69 Å². The third kappa shape index (κ3) is 5.00. The summed E-state index contributed by atoms with van der Waals surface area (Å²) in [5.41, 5.74) is -0.0942. The average Bonchev–Trinajstić information content (AvgIpc) is 2.94. The maximum atomic E-state index is 11.9. The molecule has 0 aliphatic heterocycles. The number of amides is 2. The molecule has 0 aliphatic rings. The fraction of sp³-hybridized carbons (Fsp3) is 0.643. The van der Waals surface area contributed by atoms with E-state index in [2.05, 4.69) is 36.4 Å². The van der Waals surface area contributed by atoms with Crippen molar-refractivity contribution < 1.29 is 14.7 Å². The number of carbonyl (C=O) groups is 2. The van der Waals surface area contributed by atoms with Gasteiger partial charge in [0, 0.05) is 23.9 Å². The first-order valence-corrected chi connectivity index (χ1v) is 8.08. The van der Waals surface area contributed by atoms with E-state index >= 15 is 0 Å². The van der Waals surface area contributed by atoms with Crippen LogP contribution in [0.3, 0.4) is 0 Å². The number of nitrogens with zero attached hydrogens (tertiary/aromatic N) is 1. The molecule has 0 saturated heterocycles. The topological polar surface area (TPSA) is 91.3 Å².